The molecule has 2 aliphatic heterocycles. The minimum absolute atomic E-state index is 0.0124. The van der Waals surface area contributed by atoms with Gasteiger partial charge in [0.25, 0.3) is 0 Å². The van der Waals surface area contributed by atoms with Gasteiger partial charge in [-0.25, -0.2) is 4.39 Å². The molecule has 0 saturated carbocycles. The molecule has 0 bridgehead atoms. The SMILES string of the molecule is CCOC(=O)C1CCN(C(=O)[C@@H]2CCCN(Cc3ccc(F)cc3)C2)CC1. The first-order chi connectivity index (χ1) is 13.1. The number of halogens is 1. The lowest BCUT2D eigenvalue weighted by molar-refractivity contribution is -0.152. The molecule has 1 aromatic rings. The van der Waals surface area contributed by atoms with E-state index in [2.05, 4.69) is 4.90 Å². The van der Waals surface area contributed by atoms with E-state index in [4.69, 9.17) is 4.74 Å². The van der Waals surface area contributed by atoms with E-state index in [-0.39, 0.29) is 29.5 Å². The van der Waals surface area contributed by atoms with Crippen LogP contribution in [0.5, 0.6) is 0 Å². The Morgan fingerprint density at radius 3 is 2.44 bits per heavy atom. The van der Waals surface area contributed by atoms with Crippen molar-refractivity contribution in [1.82, 2.24) is 9.80 Å². The number of amides is 1. The van der Waals surface area contributed by atoms with Gasteiger partial charge in [-0.05, 0) is 56.8 Å². The van der Waals surface area contributed by atoms with Gasteiger partial charge in [-0.1, -0.05) is 12.1 Å². The van der Waals surface area contributed by atoms with Crippen LogP contribution < -0.4 is 0 Å². The van der Waals surface area contributed by atoms with E-state index in [1.165, 1.54) is 12.1 Å². The van der Waals surface area contributed by atoms with Crippen LogP contribution in [0.3, 0.4) is 0 Å². The average molecular weight is 376 g/mol. The summed E-state index contributed by atoms with van der Waals surface area (Å²) >= 11 is 0. The fraction of sp³-hybridized carbons (Fsp3) is 0.619. The molecule has 2 aliphatic rings. The van der Waals surface area contributed by atoms with Crippen LogP contribution in [-0.2, 0) is 20.9 Å². The summed E-state index contributed by atoms with van der Waals surface area (Å²) in [6.07, 6.45) is 3.29. The largest absolute Gasteiger partial charge is 0.466 e. The number of benzene rings is 1. The van der Waals surface area contributed by atoms with Crippen molar-refractivity contribution in [3.8, 4) is 0 Å². The zero-order chi connectivity index (χ0) is 19.2. The number of ether oxygens (including phenoxy) is 1. The Bertz CT molecular complexity index is 641. The monoisotopic (exact) mass is 376 g/mol. The van der Waals surface area contributed by atoms with Crippen LogP contribution >= 0.6 is 0 Å². The van der Waals surface area contributed by atoms with Gasteiger partial charge in [0, 0.05) is 26.2 Å². The second kappa shape index (κ2) is 9.31. The number of esters is 1. The van der Waals surface area contributed by atoms with Gasteiger partial charge in [-0.2, -0.15) is 0 Å². The van der Waals surface area contributed by atoms with Gasteiger partial charge in [0.15, 0.2) is 0 Å². The quantitative estimate of drug-likeness (QED) is 0.742. The molecule has 27 heavy (non-hydrogen) atoms. The van der Waals surface area contributed by atoms with Crippen LogP contribution in [0.15, 0.2) is 24.3 Å². The summed E-state index contributed by atoms with van der Waals surface area (Å²) in [5.41, 5.74) is 1.07. The molecule has 0 unspecified atom stereocenters. The fourth-order valence-corrected chi connectivity index (χ4v) is 4.10. The van der Waals surface area contributed by atoms with Gasteiger partial charge in [-0.15, -0.1) is 0 Å². The molecule has 1 amide bonds. The lowest BCUT2D eigenvalue weighted by atomic mass is 9.92. The van der Waals surface area contributed by atoms with Crippen LogP contribution in [0.4, 0.5) is 4.39 Å². The predicted molar refractivity (Wildman–Crippen MR) is 100 cm³/mol. The second-order valence-corrected chi connectivity index (χ2v) is 7.55. The number of piperidine rings is 2. The van der Waals surface area contributed by atoms with Crippen molar-refractivity contribution in [1.29, 1.82) is 0 Å². The average Bonchev–Trinajstić information content (AvgIpc) is 2.70. The highest BCUT2D eigenvalue weighted by molar-refractivity contribution is 5.80. The molecule has 6 heteroatoms. The Labute approximate surface area is 160 Å². The minimum Gasteiger partial charge on any atom is -0.466 e. The molecule has 148 valence electrons. The maximum Gasteiger partial charge on any atom is 0.309 e. The van der Waals surface area contributed by atoms with Gasteiger partial charge >= 0.3 is 5.97 Å². The Morgan fingerprint density at radius 1 is 1.07 bits per heavy atom. The van der Waals surface area contributed by atoms with Crippen LogP contribution in [-0.4, -0.2) is 54.5 Å². The second-order valence-electron chi connectivity index (χ2n) is 7.55. The molecular weight excluding hydrogens is 347 g/mol. The van der Waals surface area contributed by atoms with Gasteiger partial charge in [0.2, 0.25) is 5.91 Å². The number of carbonyl (C=O) groups is 2. The highest BCUT2D eigenvalue weighted by atomic mass is 19.1. The molecule has 2 saturated heterocycles. The first kappa shape index (κ1) is 19.8. The molecule has 1 aromatic carbocycles. The molecule has 5 nitrogen and oxygen atoms in total. The Hall–Kier alpha value is -1.95. The smallest absolute Gasteiger partial charge is 0.309 e. The first-order valence-corrected chi connectivity index (χ1v) is 9.99. The molecule has 0 radical (unpaired) electrons. The number of hydrogen-bond acceptors (Lipinski definition) is 4. The summed E-state index contributed by atoms with van der Waals surface area (Å²) in [5, 5.41) is 0. The molecule has 0 N–H and O–H groups in total. The number of hydrogen-bond donors (Lipinski definition) is 0. The third-order valence-electron chi connectivity index (χ3n) is 5.60. The van der Waals surface area contributed by atoms with E-state index in [1.54, 1.807) is 12.1 Å². The van der Waals surface area contributed by atoms with Crippen LogP contribution in [0.2, 0.25) is 0 Å². The summed E-state index contributed by atoms with van der Waals surface area (Å²) < 4.78 is 18.2. The van der Waals surface area contributed by atoms with Gasteiger partial charge in [-0.3, -0.25) is 14.5 Å². The standard InChI is InChI=1S/C21H29FN2O3/c1-2-27-21(26)17-9-12-24(13-10-17)20(25)18-4-3-11-23(15-18)14-16-5-7-19(22)8-6-16/h5-8,17-18H,2-4,9-15H2,1H3/t18-/m1/s1. The van der Waals surface area contributed by atoms with E-state index in [9.17, 15) is 14.0 Å². The Kier molecular flexibility index (Phi) is 6.83. The number of carbonyl (C=O) groups excluding carboxylic acids is 2. The number of likely N-dealkylation sites (tertiary alicyclic amines) is 2. The van der Waals surface area contributed by atoms with Gasteiger partial charge in [0.05, 0.1) is 18.4 Å². The Morgan fingerprint density at radius 2 is 1.78 bits per heavy atom. The van der Waals surface area contributed by atoms with Crippen molar-refractivity contribution in [3.63, 3.8) is 0 Å². The maximum absolute atomic E-state index is 13.1. The minimum atomic E-state index is -0.225. The van der Waals surface area contributed by atoms with Crippen molar-refractivity contribution in [2.24, 2.45) is 11.8 Å². The van der Waals surface area contributed by atoms with Crippen molar-refractivity contribution < 1.29 is 18.7 Å². The van der Waals surface area contributed by atoms with Crippen LogP contribution in [0.25, 0.3) is 0 Å². The molecule has 2 fully saturated rings. The highest BCUT2D eigenvalue weighted by Crippen LogP contribution is 2.24. The van der Waals surface area contributed by atoms with E-state index in [0.717, 1.165) is 38.0 Å². The topological polar surface area (TPSA) is 49.9 Å². The van der Waals surface area contributed by atoms with Crippen LogP contribution in [0, 0.1) is 17.7 Å². The van der Waals surface area contributed by atoms with Crippen molar-refractivity contribution in [3.05, 3.63) is 35.6 Å². The predicted octanol–water partition coefficient (Wildman–Crippen LogP) is 2.84. The fourth-order valence-electron chi connectivity index (χ4n) is 4.10. The molecule has 0 aromatic heterocycles. The lowest BCUT2D eigenvalue weighted by Crippen LogP contribution is -2.47. The summed E-state index contributed by atoms with van der Waals surface area (Å²) in [4.78, 5) is 29.0. The van der Waals surface area contributed by atoms with Gasteiger partial charge in [0.1, 0.15) is 5.82 Å². The molecule has 0 aliphatic carbocycles. The molecule has 1 atom stereocenters. The summed E-state index contributed by atoms with van der Waals surface area (Å²) in [7, 11) is 0. The van der Waals surface area contributed by atoms with Crippen molar-refractivity contribution >= 4 is 11.9 Å². The summed E-state index contributed by atoms with van der Waals surface area (Å²) in [6, 6.07) is 6.58. The molecular formula is C21H29FN2O3. The van der Waals surface area contributed by atoms with Crippen LogP contribution in [0.1, 0.15) is 38.2 Å². The summed E-state index contributed by atoms with van der Waals surface area (Å²) in [6.45, 7) is 5.95. The van der Waals surface area contributed by atoms with E-state index in [0.29, 0.717) is 32.5 Å². The molecule has 2 heterocycles. The normalized spacial score (nSPS) is 21.9. The van der Waals surface area contributed by atoms with Crippen molar-refractivity contribution in [2.75, 3.05) is 32.8 Å². The van der Waals surface area contributed by atoms with Crippen molar-refractivity contribution in [2.45, 2.75) is 39.2 Å². The van der Waals surface area contributed by atoms with E-state index >= 15 is 0 Å². The zero-order valence-electron chi connectivity index (χ0n) is 16.0. The van der Waals surface area contributed by atoms with E-state index in [1.807, 2.05) is 11.8 Å². The third kappa shape index (κ3) is 5.28. The van der Waals surface area contributed by atoms with E-state index < -0.39 is 0 Å². The Balaban J connectivity index is 1.50. The lowest BCUT2D eigenvalue weighted by Gasteiger charge is -2.37. The molecule has 3 rings (SSSR count). The maximum atomic E-state index is 13.1. The number of rotatable bonds is 5. The number of nitrogens with zero attached hydrogens (tertiary/aromatic N) is 2. The molecule has 0 spiro atoms. The highest BCUT2D eigenvalue weighted by Gasteiger charge is 2.33. The zero-order valence-corrected chi connectivity index (χ0v) is 16.0. The first-order valence-electron chi connectivity index (χ1n) is 9.99. The van der Waals surface area contributed by atoms with Gasteiger partial charge < -0.3 is 9.64 Å². The third-order valence-corrected chi connectivity index (χ3v) is 5.60. The summed E-state index contributed by atoms with van der Waals surface area (Å²) in [5.74, 6) is -0.209.